The average molecular weight is 812 g/mol. The van der Waals surface area contributed by atoms with Gasteiger partial charge in [0.1, 0.15) is 6.04 Å². The van der Waals surface area contributed by atoms with E-state index in [0.29, 0.717) is 45.3 Å². The molecule has 3 aliphatic heterocycles. The molecule has 0 aliphatic carbocycles. The van der Waals surface area contributed by atoms with E-state index in [-0.39, 0.29) is 88.4 Å². The first-order valence-electron chi connectivity index (χ1n) is 19.2. The number of rotatable bonds is 19. The summed E-state index contributed by atoms with van der Waals surface area (Å²) in [5, 5.41) is 12.6. The van der Waals surface area contributed by atoms with Crippen LogP contribution in [-0.2, 0) is 46.8 Å². The zero-order valence-corrected chi connectivity index (χ0v) is 35.0. The number of hydrogen-bond donors (Lipinski definition) is 4. The molecule has 0 radical (unpaired) electrons. The summed E-state index contributed by atoms with van der Waals surface area (Å²) in [6.45, 7) is 8.05. The molecule has 19 nitrogen and oxygen atoms in total. The molecule has 0 aromatic carbocycles. The van der Waals surface area contributed by atoms with Gasteiger partial charge in [-0.05, 0) is 68.7 Å². The first-order valence-corrected chi connectivity index (χ1v) is 21.6. The van der Waals surface area contributed by atoms with E-state index in [1.54, 1.807) is 47.1 Å². The molecular formula is C33H65N9O10P2. The van der Waals surface area contributed by atoms with Gasteiger partial charge in [0.2, 0.25) is 17.7 Å². The van der Waals surface area contributed by atoms with E-state index >= 15 is 0 Å². The van der Waals surface area contributed by atoms with Gasteiger partial charge in [-0.3, -0.25) is 28.9 Å². The number of morpholine rings is 3. The van der Waals surface area contributed by atoms with Gasteiger partial charge in [0.15, 0.2) is 0 Å². The SMILES string of the molecule is [3H]CC1CN(P(=O)(OCC2CN(P(=O)(OCC3CN(C(=O)CNC(=O)C(CCCCC(=N)N)NC(C)=O)CC(C)O3)N(C)C)CC(C)O2)N(C)C)CC(C)O1. The third-order valence-electron chi connectivity index (χ3n) is 9.17. The Balaban J connectivity index is 1.60. The summed E-state index contributed by atoms with van der Waals surface area (Å²) in [4.78, 5) is 39.5. The van der Waals surface area contributed by atoms with E-state index < -0.39 is 39.5 Å². The maximum absolute atomic E-state index is 14.6. The molecule has 0 aromatic rings. The molecule has 3 aliphatic rings. The van der Waals surface area contributed by atoms with Crippen molar-refractivity contribution in [2.45, 2.75) is 103 Å². The molecule has 9 unspecified atom stereocenters. The highest BCUT2D eigenvalue weighted by molar-refractivity contribution is 7.54. The smallest absolute Gasteiger partial charge is 0.345 e. The number of unbranched alkanes of at least 4 members (excludes halogenated alkanes) is 1. The number of hydrogen-bond acceptors (Lipinski definition) is 11. The van der Waals surface area contributed by atoms with E-state index in [2.05, 4.69) is 10.6 Å². The predicted molar refractivity (Wildman–Crippen MR) is 204 cm³/mol. The zero-order chi connectivity index (χ0) is 41.1. The van der Waals surface area contributed by atoms with Crippen molar-refractivity contribution in [3.8, 4) is 0 Å². The number of nitrogens with two attached hydrogens (primary N) is 1. The Kier molecular flexibility index (Phi) is 17.3. The fraction of sp³-hybridized carbons (Fsp3) is 0.879. The van der Waals surface area contributed by atoms with Gasteiger partial charge in [-0.2, -0.15) is 0 Å². The molecule has 0 bridgehead atoms. The summed E-state index contributed by atoms with van der Waals surface area (Å²) in [6.07, 6.45) is -0.641. The molecule has 0 spiro atoms. The fourth-order valence-electron chi connectivity index (χ4n) is 6.72. The van der Waals surface area contributed by atoms with Crippen LogP contribution in [0.25, 0.3) is 0 Å². The molecule has 3 amide bonds. The molecule has 3 saturated heterocycles. The van der Waals surface area contributed by atoms with Crippen molar-refractivity contribution in [2.24, 2.45) is 5.73 Å². The molecule has 9 atom stereocenters. The Morgan fingerprint density at radius 2 is 1.37 bits per heavy atom. The van der Waals surface area contributed by atoms with Crippen LogP contribution < -0.4 is 16.4 Å². The lowest BCUT2D eigenvalue weighted by atomic mass is 10.1. The van der Waals surface area contributed by atoms with E-state index in [1.165, 1.54) is 11.6 Å². The number of amidine groups is 1. The second-order valence-corrected chi connectivity index (χ2v) is 20.0. The minimum atomic E-state index is -3.66. The van der Waals surface area contributed by atoms with Crippen LogP contribution in [0.2, 0.25) is 0 Å². The molecular weight excluding hydrogens is 744 g/mol. The molecule has 312 valence electrons. The third kappa shape index (κ3) is 13.6. The van der Waals surface area contributed by atoms with Crippen LogP contribution in [0, 0.1) is 5.41 Å². The van der Waals surface area contributed by atoms with E-state index in [9.17, 15) is 23.5 Å². The van der Waals surface area contributed by atoms with Crippen LogP contribution in [0.4, 0.5) is 0 Å². The topological polar surface area (TPSA) is 222 Å². The third-order valence-corrected chi connectivity index (χ3v) is 14.2. The Morgan fingerprint density at radius 1 is 0.852 bits per heavy atom. The Labute approximate surface area is 322 Å². The van der Waals surface area contributed by atoms with Crippen LogP contribution in [0.15, 0.2) is 0 Å². The van der Waals surface area contributed by atoms with Gasteiger partial charge in [0.25, 0.3) is 0 Å². The van der Waals surface area contributed by atoms with Crippen molar-refractivity contribution < 1.29 is 48.1 Å². The molecule has 0 aromatic heterocycles. The second kappa shape index (κ2) is 20.9. The first kappa shape index (κ1) is 44.7. The quantitative estimate of drug-likeness (QED) is 0.0625. The summed E-state index contributed by atoms with van der Waals surface area (Å²) < 4.78 is 73.6. The van der Waals surface area contributed by atoms with Crippen LogP contribution in [0.5, 0.6) is 0 Å². The van der Waals surface area contributed by atoms with Crippen molar-refractivity contribution in [3.05, 3.63) is 0 Å². The van der Waals surface area contributed by atoms with Gasteiger partial charge in [-0.1, -0.05) is 6.42 Å². The number of carbonyl (C=O) groups excluding carboxylic acids is 3. The van der Waals surface area contributed by atoms with Gasteiger partial charge in [-0.25, -0.2) is 18.7 Å². The van der Waals surface area contributed by atoms with Crippen molar-refractivity contribution in [1.82, 2.24) is 34.2 Å². The van der Waals surface area contributed by atoms with Gasteiger partial charge in [0, 0.05) is 54.0 Å². The average Bonchev–Trinajstić information content (AvgIpc) is 3.11. The lowest BCUT2D eigenvalue weighted by molar-refractivity contribution is -0.147. The molecule has 54 heavy (non-hydrogen) atoms. The van der Waals surface area contributed by atoms with Crippen molar-refractivity contribution in [1.29, 1.82) is 5.41 Å². The monoisotopic (exact) mass is 811 g/mol. The van der Waals surface area contributed by atoms with Crippen molar-refractivity contribution in [3.63, 3.8) is 0 Å². The highest BCUT2D eigenvalue weighted by Crippen LogP contribution is 2.56. The van der Waals surface area contributed by atoms with E-state index in [1.807, 2.05) is 20.8 Å². The van der Waals surface area contributed by atoms with Crippen LogP contribution >= 0.6 is 15.3 Å². The summed E-state index contributed by atoms with van der Waals surface area (Å²) in [5.41, 5.74) is 5.41. The minimum Gasteiger partial charge on any atom is -0.388 e. The maximum Gasteiger partial charge on any atom is 0.345 e. The zero-order valence-electron chi connectivity index (χ0n) is 34.2. The number of carbonyl (C=O) groups is 3. The van der Waals surface area contributed by atoms with E-state index in [4.69, 9.17) is 35.8 Å². The number of nitrogens with zero attached hydrogens (tertiary/aromatic N) is 5. The highest BCUT2D eigenvalue weighted by Gasteiger charge is 2.44. The number of nitrogens with one attached hydrogen (secondary N) is 3. The molecule has 5 N–H and O–H groups in total. The first-order chi connectivity index (χ1) is 25.8. The summed E-state index contributed by atoms with van der Waals surface area (Å²) in [6, 6.07) is -0.829. The Morgan fingerprint density at radius 3 is 1.91 bits per heavy atom. The van der Waals surface area contributed by atoms with Crippen molar-refractivity contribution in [2.75, 3.05) is 87.2 Å². The number of ether oxygens (including phenoxy) is 3. The summed E-state index contributed by atoms with van der Waals surface area (Å²) >= 11 is 0. The van der Waals surface area contributed by atoms with Gasteiger partial charge < -0.3 is 44.5 Å². The van der Waals surface area contributed by atoms with E-state index in [0.717, 1.165) is 0 Å². The second-order valence-electron chi connectivity index (χ2n) is 14.8. The summed E-state index contributed by atoms with van der Waals surface area (Å²) in [7, 11) is -0.468. The Bertz CT molecular complexity index is 1400. The van der Waals surface area contributed by atoms with Crippen LogP contribution in [-0.4, -0.2) is 177 Å². The summed E-state index contributed by atoms with van der Waals surface area (Å²) in [5.74, 6) is -1.15. The molecule has 3 heterocycles. The van der Waals surface area contributed by atoms with Crippen LogP contribution in [0.3, 0.4) is 0 Å². The largest absolute Gasteiger partial charge is 0.388 e. The van der Waals surface area contributed by atoms with Gasteiger partial charge in [-0.15, -0.1) is 0 Å². The highest BCUT2D eigenvalue weighted by atomic mass is 31.2. The van der Waals surface area contributed by atoms with Crippen LogP contribution in [0.1, 0.15) is 61.6 Å². The minimum absolute atomic E-state index is 0.0383. The predicted octanol–water partition coefficient (Wildman–Crippen LogP) is 1.29. The fourth-order valence-corrected chi connectivity index (χ4v) is 10.9. The molecule has 21 heteroatoms. The Hall–Kier alpha value is -2.02. The normalized spacial score (nSPS) is 28.9. The van der Waals surface area contributed by atoms with Gasteiger partial charge in [0.05, 0.1) is 62.2 Å². The molecule has 3 fully saturated rings. The molecule has 0 saturated carbocycles. The van der Waals surface area contributed by atoms with Crippen molar-refractivity contribution >= 4 is 38.9 Å². The lowest BCUT2D eigenvalue weighted by Gasteiger charge is -2.44. The number of amides is 3. The standard InChI is InChI=1S/C33H65N9O10P2/c1-23-15-40(32(44)14-36-33(45)30(37-27(5)43)12-10-11-13-31(34)35)19-28(51-23)21-48-54(47,39(8)9)42-18-26(4)52-29(20-42)22-49-53(46,38(6)7)41-16-24(2)50-25(3)17-41/h23-26,28-30H,10-22H2,1-9H3,(H3,34,35)(H,36,45)(H,37,43)/i2T. The molecule has 3 rings (SSSR count). The lowest BCUT2D eigenvalue weighted by Crippen LogP contribution is -2.54. The van der Waals surface area contributed by atoms with Gasteiger partial charge >= 0.3 is 15.3 Å². The maximum atomic E-state index is 14.6.